The van der Waals surface area contributed by atoms with Crippen LogP contribution in [0.25, 0.3) is 11.0 Å². The average molecular weight is 444 g/mol. The van der Waals surface area contributed by atoms with E-state index >= 15 is 0 Å². The van der Waals surface area contributed by atoms with E-state index in [0.29, 0.717) is 12.5 Å². The fourth-order valence-electron chi connectivity index (χ4n) is 4.15. The number of imide groups is 1. The number of rotatable bonds is 3. The summed E-state index contributed by atoms with van der Waals surface area (Å²) in [5.74, 6) is -0.684. The zero-order valence-electron chi connectivity index (χ0n) is 16.5. The Morgan fingerprint density at radius 3 is 2.59 bits per heavy atom. The molecule has 0 radical (unpaired) electrons. The van der Waals surface area contributed by atoms with E-state index in [0.717, 1.165) is 42.8 Å². The number of aryl methyl sites for hydroxylation is 1. The molecule has 2 amide bonds. The van der Waals surface area contributed by atoms with Gasteiger partial charge in [0, 0.05) is 45.7 Å². The second-order valence-electron chi connectivity index (χ2n) is 7.59. The van der Waals surface area contributed by atoms with Crippen molar-refractivity contribution in [2.24, 2.45) is 7.05 Å². The summed E-state index contributed by atoms with van der Waals surface area (Å²) in [6.45, 7) is 5.99. The Bertz CT molecular complexity index is 971. The average Bonchev–Trinajstić information content (AvgIpc) is 2.86. The minimum atomic E-state index is -0.640. The number of nitrogens with one attached hydrogen (secondary N) is 2. The van der Waals surface area contributed by atoms with E-state index in [1.807, 2.05) is 18.2 Å². The first-order valence-corrected chi connectivity index (χ1v) is 9.43. The zero-order chi connectivity index (χ0) is 19.1. The van der Waals surface area contributed by atoms with Gasteiger partial charge in [-0.3, -0.25) is 28.9 Å². The molecular formula is C19H27Cl2N5O3. The van der Waals surface area contributed by atoms with Crippen molar-refractivity contribution < 1.29 is 9.59 Å². The van der Waals surface area contributed by atoms with E-state index in [2.05, 4.69) is 22.5 Å². The van der Waals surface area contributed by atoms with Crippen LogP contribution in [0.15, 0.2) is 23.0 Å². The fraction of sp³-hybridized carbons (Fsp3) is 0.526. The molecule has 2 fully saturated rings. The number of hydrogen-bond donors (Lipinski definition) is 2. The van der Waals surface area contributed by atoms with Gasteiger partial charge in [0.25, 0.3) is 0 Å². The van der Waals surface area contributed by atoms with E-state index in [-0.39, 0.29) is 42.8 Å². The first-order valence-electron chi connectivity index (χ1n) is 9.43. The van der Waals surface area contributed by atoms with Gasteiger partial charge < -0.3 is 5.32 Å². The molecule has 3 heterocycles. The summed E-state index contributed by atoms with van der Waals surface area (Å²) >= 11 is 0. The summed E-state index contributed by atoms with van der Waals surface area (Å²) in [4.78, 5) is 38.9. The van der Waals surface area contributed by atoms with Crippen LogP contribution < -0.4 is 16.3 Å². The maximum Gasteiger partial charge on any atom is 0.329 e. The van der Waals surface area contributed by atoms with E-state index in [1.165, 1.54) is 4.57 Å². The summed E-state index contributed by atoms with van der Waals surface area (Å²) in [6, 6.07) is 5.81. The standard InChI is InChI=1S/C19H25N5O3.2ClH/c1-12-10-23(8-7-20-12)11-13-3-4-14-16(9-13)22(2)19(27)24(14)15-5-6-17(25)21-18(15)26;;/h3-4,9,12,15,20H,5-8,10-11H2,1-2H3,(H,21,25,26);2*1H/t12-,15?;;/m0../s1. The predicted molar refractivity (Wildman–Crippen MR) is 116 cm³/mol. The van der Waals surface area contributed by atoms with Crippen LogP contribution in [0.2, 0.25) is 0 Å². The molecule has 2 aromatic rings. The number of amides is 2. The maximum atomic E-state index is 12.8. The number of piperidine rings is 1. The second kappa shape index (κ2) is 9.30. The van der Waals surface area contributed by atoms with E-state index < -0.39 is 11.9 Å². The van der Waals surface area contributed by atoms with Crippen LogP contribution in [-0.4, -0.2) is 51.5 Å². The molecule has 0 aliphatic carbocycles. The van der Waals surface area contributed by atoms with Crippen molar-refractivity contribution in [2.45, 2.75) is 38.4 Å². The highest BCUT2D eigenvalue weighted by atomic mass is 35.5. The summed E-state index contributed by atoms with van der Waals surface area (Å²) in [5, 5.41) is 5.78. The lowest BCUT2D eigenvalue weighted by Crippen LogP contribution is -2.48. The van der Waals surface area contributed by atoms with Gasteiger partial charge in [-0.15, -0.1) is 24.8 Å². The highest BCUT2D eigenvalue weighted by molar-refractivity contribution is 6.00. The van der Waals surface area contributed by atoms with Crippen molar-refractivity contribution in [3.05, 3.63) is 34.2 Å². The molecule has 2 aliphatic heterocycles. The number of halogens is 2. The normalized spacial score (nSPS) is 22.7. The number of carbonyl (C=O) groups excluding carboxylic acids is 2. The van der Waals surface area contributed by atoms with Crippen molar-refractivity contribution in [3.63, 3.8) is 0 Å². The molecule has 10 heteroatoms. The van der Waals surface area contributed by atoms with Gasteiger partial charge in [-0.25, -0.2) is 4.79 Å². The Kier molecular flexibility index (Phi) is 7.50. The Balaban J connectivity index is 0.00000150. The number of hydrogen-bond acceptors (Lipinski definition) is 5. The van der Waals surface area contributed by atoms with Crippen molar-refractivity contribution >= 4 is 47.7 Å². The Labute approximate surface area is 181 Å². The fourth-order valence-corrected chi connectivity index (χ4v) is 4.15. The Hall–Kier alpha value is -1.87. The van der Waals surface area contributed by atoms with Crippen LogP contribution in [0.3, 0.4) is 0 Å². The molecule has 160 valence electrons. The van der Waals surface area contributed by atoms with Crippen molar-refractivity contribution in [2.75, 3.05) is 19.6 Å². The largest absolute Gasteiger partial charge is 0.329 e. The summed E-state index contributed by atoms with van der Waals surface area (Å²) < 4.78 is 3.11. The van der Waals surface area contributed by atoms with Gasteiger partial charge in [0.2, 0.25) is 11.8 Å². The first-order chi connectivity index (χ1) is 12.9. The summed E-state index contributed by atoms with van der Waals surface area (Å²) in [6.07, 6.45) is 0.600. The first kappa shape index (κ1) is 23.4. The lowest BCUT2D eigenvalue weighted by Gasteiger charge is -2.31. The molecule has 0 saturated carbocycles. The van der Waals surface area contributed by atoms with E-state index in [1.54, 1.807) is 11.6 Å². The summed E-state index contributed by atoms with van der Waals surface area (Å²) in [7, 11) is 1.73. The molecule has 0 bridgehead atoms. The number of imidazole rings is 1. The second-order valence-corrected chi connectivity index (χ2v) is 7.59. The van der Waals surface area contributed by atoms with Crippen LogP contribution in [0, 0.1) is 0 Å². The molecular weight excluding hydrogens is 417 g/mol. The zero-order valence-corrected chi connectivity index (χ0v) is 18.1. The van der Waals surface area contributed by atoms with Crippen LogP contribution in [0.4, 0.5) is 0 Å². The molecule has 29 heavy (non-hydrogen) atoms. The molecule has 4 rings (SSSR count). The minimum absolute atomic E-state index is 0. The third-order valence-corrected chi connectivity index (χ3v) is 5.53. The molecule has 1 unspecified atom stereocenters. The van der Waals surface area contributed by atoms with Crippen molar-refractivity contribution in [3.8, 4) is 0 Å². The molecule has 1 aromatic heterocycles. The maximum absolute atomic E-state index is 12.8. The summed E-state index contributed by atoms with van der Waals surface area (Å²) in [5.41, 5.74) is 2.46. The van der Waals surface area contributed by atoms with Crippen LogP contribution in [-0.2, 0) is 23.2 Å². The van der Waals surface area contributed by atoms with Crippen LogP contribution >= 0.6 is 24.8 Å². The topological polar surface area (TPSA) is 88.4 Å². The number of fused-ring (bicyclic) bond motifs is 1. The van der Waals surface area contributed by atoms with Crippen molar-refractivity contribution in [1.82, 2.24) is 24.7 Å². The highest BCUT2D eigenvalue weighted by Crippen LogP contribution is 2.24. The van der Waals surface area contributed by atoms with Gasteiger partial charge >= 0.3 is 5.69 Å². The van der Waals surface area contributed by atoms with E-state index in [4.69, 9.17) is 0 Å². The van der Waals surface area contributed by atoms with Crippen molar-refractivity contribution in [1.29, 1.82) is 0 Å². The SMILES string of the molecule is C[C@H]1CN(Cc2ccc3c(c2)n(C)c(=O)n3C2CCC(=O)NC2=O)CCN1.Cl.Cl. The third kappa shape index (κ3) is 4.50. The molecule has 2 saturated heterocycles. The molecule has 2 atom stereocenters. The lowest BCUT2D eigenvalue weighted by atomic mass is 10.1. The monoisotopic (exact) mass is 443 g/mol. The number of benzene rings is 1. The number of piperazine rings is 1. The molecule has 2 aliphatic rings. The lowest BCUT2D eigenvalue weighted by molar-refractivity contribution is -0.135. The van der Waals surface area contributed by atoms with E-state index in [9.17, 15) is 14.4 Å². The minimum Gasteiger partial charge on any atom is -0.312 e. The van der Waals surface area contributed by atoms with Gasteiger partial charge in [0.15, 0.2) is 0 Å². The molecule has 8 nitrogen and oxygen atoms in total. The molecule has 2 N–H and O–H groups in total. The number of nitrogens with zero attached hydrogens (tertiary/aromatic N) is 3. The quantitative estimate of drug-likeness (QED) is 0.689. The van der Waals surface area contributed by atoms with Crippen LogP contribution in [0.1, 0.15) is 31.4 Å². The van der Waals surface area contributed by atoms with Gasteiger partial charge in [-0.1, -0.05) is 6.07 Å². The number of aromatic nitrogens is 2. The van der Waals surface area contributed by atoms with Gasteiger partial charge in [0.1, 0.15) is 6.04 Å². The Morgan fingerprint density at radius 2 is 1.90 bits per heavy atom. The molecule has 0 spiro atoms. The van der Waals surface area contributed by atoms with Crippen LogP contribution in [0.5, 0.6) is 0 Å². The van der Waals surface area contributed by atoms with Gasteiger partial charge in [-0.05, 0) is 31.0 Å². The smallest absolute Gasteiger partial charge is 0.312 e. The third-order valence-electron chi connectivity index (χ3n) is 5.53. The highest BCUT2D eigenvalue weighted by Gasteiger charge is 2.31. The molecule has 1 aromatic carbocycles. The van der Waals surface area contributed by atoms with Gasteiger partial charge in [0.05, 0.1) is 11.0 Å². The predicted octanol–water partition coefficient (Wildman–Crippen LogP) is 0.955. The Morgan fingerprint density at radius 1 is 1.14 bits per heavy atom. The number of carbonyl (C=O) groups is 2. The van der Waals surface area contributed by atoms with Gasteiger partial charge in [-0.2, -0.15) is 0 Å².